The molecule has 5 nitrogen and oxygen atoms in total. The van der Waals surface area contributed by atoms with Crippen LogP contribution in [0.5, 0.6) is 0 Å². The SMILES string of the molecule is O=C(O)C1CCCCCN1C(=O)c1ccc(F)cn1. The monoisotopic (exact) mass is 266 g/mol. The Morgan fingerprint density at radius 2 is 2.11 bits per heavy atom. The number of nitrogens with zero attached hydrogens (tertiary/aromatic N) is 2. The second kappa shape index (κ2) is 5.77. The van der Waals surface area contributed by atoms with Crippen molar-refractivity contribution in [1.82, 2.24) is 9.88 Å². The first kappa shape index (κ1) is 13.5. The number of halogens is 1. The zero-order valence-electron chi connectivity index (χ0n) is 10.4. The van der Waals surface area contributed by atoms with E-state index in [9.17, 15) is 19.1 Å². The molecule has 2 heterocycles. The van der Waals surface area contributed by atoms with Gasteiger partial charge in [0.15, 0.2) is 0 Å². The van der Waals surface area contributed by atoms with E-state index in [0.29, 0.717) is 13.0 Å². The van der Waals surface area contributed by atoms with Crippen molar-refractivity contribution in [2.45, 2.75) is 31.7 Å². The summed E-state index contributed by atoms with van der Waals surface area (Å²) in [6.07, 6.45) is 3.88. The van der Waals surface area contributed by atoms with Crippen LogP contribution in [0.3, 0.4) is 0 Å². The zero-order chi connectivity index (χ0) is 13.8. The van der Waals surface area contributed by atoms with E-state index in [1.165, 1.54) is 11.0 Å². The number of carboxylic acid groups (broad SMARTS) is 1. The number of rotatable bonds is 2. The number of aromatic nitrogens is 1. The minimum Gasteiger partial charge on any atom is -0.480 e. The number of aliphatic carboxylic acids is 1. The molecule has 1 aromatic rings. The van der Waals surface area contributed by atoms with Gasteiger partial charge in [0.25, 0.3) is 5.91 Å². The highest BCUT2D eigenvalue weighted by Gasteiger charge is 2.31. The lowest BCUT2D eigenvalue weighted by Crippen LogP contribution is -2.44. The molecule has 1 amide bonds. The molecular weight excluding hydrogens is 251 g/mol. The molecule has 1 saturated heterocycles. The molecule has 0 aliphatic carbocycles. The summed E-state index contributed by atoms with van der Waals surface area (Å²) in [4.78, 5) is 28.5. The maximum absolute atomic E-state index is 12.8. The first-order valence-corrected chi connectivity index (χ1v) is 6.25. The Bertz CT molecular complexity index is 475. The molecule has 0 radical (unpaired) electrons. The molecule has 0 bridgehead atoms. The van der Waals surface area contributed by atoms with Gasteiger partial charge in [-0.3, -0.25) is 4.79 Å². The average molecular weight is 266 g/mol. The van der Waals surface area contributed by atoms with E-state index in [4.69, 9.17) is 0 Å². The molecule has 0 aromatic carbocycles. The fourth-order valence-corrected chi connectivity index (χ4v) is 2.26. The number of likely N-dealkylation sites (tertiary alicyclic amines) is 1. The lowest BCUT2D eigenvalue weighted by Gasteiger charge is -2.26. The third kappa shape index (κ3) is 3.07. The zero-order valence-corrected chi connectivity index (χ0v) is 10.4. The minimum atomic E-state index is -1.00. The van der Waals surface area contributed by atoms with Gasteiger partial charge in [0.1, 0.15) is 17.6 Å². The van der Waals surface area contributed by atoms with Gasteiger partial charge in [0.05, 0.1) is 6.20 Å². The van der Waals surface area contributed by atoms with E-state index >= 15 is 0 Å². The van der Waals surface area contributed by atoms with Crippen molar-refractivity contribution in [2.24, 2.45) is 0 Å². The van der Waals surface area contributed by atoms with Gasteiger partial charge in [-0.25, -0.2) is 14.2 Å². The van der Waals surface area contributed by atoms with Crippen molar-refractivity contribution in [2.75, 3.05) is 6.54 Å². The first-order chi connectivity index (χ1) is 9.09. The fraction of sp³-hybridized carbons (Fsp3) is 0.462. The van der Waals surface area contributed by atoms with Crippen LogP contribution >= 0.6 is 0 Å². The van der Waals surface area contributed by atoms with Crippen LogP contribution in [-0.2, 0) is 4.79 Å². The first-order valence-electron chi connectivity index (χ1n) is 6.25. The Kier molecular flexibility index (Phi) is 4.09. The van der Waals surface area contributed by atoms with E-state index in [-0.39, 0.29) is 5.69 Å². The molecule has 102 valence electrons. The molecule has 19 heavy (non-hydrogen) atoms. The highest BCUT2D eigenvalue weighted by atomic mass is 19.1. The topological polar surface area (TPSA) is 70.5 Å². The van der Waals surface area contributed by atoms with Gasteiger partial charge in [-0.05, 0) is 25.0 Å². The number of carbonyl (C=O) groups excluding carboxylic acids is 1. The summed E-state index contributed by atoms with van der Waals surface area (Å²) in [6, 6.07) is 1.61. The maximum atomic E-state index is 12.8. The second-order valence-electron chi connectivity index (χ2n) is 4.56. The molecule has 2 rings (SSSR count). The van der Waals surface area contributed by atoms with Crippen LogP contribution in [0.1, 0.15) is 36.2 Å². The van der Waals surface area contributed by atoms with Crippen LogP contribution < -0.4 is 0 Å². The van der Waals surface area contributed by atoms with Crippen LogP contribution in [0.25, 0.3) is 0 Å². The molecule has 1 atom stereocenters. The number of amides is 1. The predicted molar refractivity (Wildman–Crippen MR) is 65.1 cm³/mol. The van der Waals surface area contributed by atoms with Crippen LogP contribution in [0.15, 0.2) is 18.3 Å². The third-order valence-corrected chi connectivity index (χ3v) is 3.25. The Balaban J connectivity index is 2.23. The van der Waals surface area contributed by atoms with Gasteiger partial charge >= 0.3 is 5.97 Å². The summed E-state index contributed by atoms with van der Waals surface area (Å²) >= 11 is 0. The summed E-state index contributed by atoms with van der Waals surface area (Å²) in [5.74, 6) is -1.98. The average Bonchev–Trinajstić information content (AvgIpc) is 2.64. The molecule has 1 fully saturated rings. The fourth-order valence-electron chi connectivity index (χ4n) is 2.26. The van der Waals surface area contributed by atoms with Gasteiger partial charge in [-0.1, -0.05) is 12.8 Å². The molecule has 6 heteroatoms. The summed E-state index contributed by atoms with van der Waals surface area (Å²) in [7, 11) is 0. The Morgan fingerprint density at radius 3 is 2.74 bits per heavy atom. The van der Waals surface area contributed by atoms with Crippen LogP contribution in [0.2, 0.25) is 0 Å². The second-order valence-corrected chi connectivity index (χ2v) is 4.56. The van der Waals surface area contributed by atoms with Crippen LogP contribution in [0.4, 0.5) is 4.39 Å². The highest BCUT2D eigenvalue weighted by Crippen LogP contribution is 2.19. The molecule has 0 spiro atoms. The van der Waals surface area contributed by atoms with Crippen molar-refractivity contribution in [3.8, 4) is 0 Å². The Morgan fingerprint density at radius 1 is 1.32 bits per heavy atom. The maximum Gasteiger partial charge on any atom is 0.326 e. The largest absolute Gasteiger partial charge is 0.480 e. The molecule has 1 unspecified atom stereocenters. The van der Waals surface area contributed by atoms with E-state index in [1.807, 2.05) is 0 Å². The smallest absolute Gasteiger partial charge is 0.326 e. The quantitative estimate of drug-likeness (QED) is 0.884. The molecule has 1 aromatic heterocycles. The lowest BCUT2D eigenvalue weighted by molar-refractivity contribution is -0.142. The Labute approximate surface area is 110 Å². The highest BCUT2D eigenvalue weighted by molar-refractivity contribution is 5.95. The Hall–Kier alpha value is -1.98. The van der Waals surface area contributed by atoms with Gasteiger partial charge in [-0.15, -0.1) is 0 Å². The molecular formula is C13H15FN2O3. The normalized spacial score (nSPS) is 19.8. The van der Waals surface area contributed by atoms with Crippen molar-refractivity contribution in [3.63, 3.8) is 0 Å². The minimum absolute atomic E-state index is 0.0783. The van der Waals surface area contributed by atoms with Gasteiger partial charge < -0.3 is 10.0 Å². The summed E-state index contributed by atoms with van der Waals surface area (Å²) in [5, 5.41) is 9.20. The van der Waals surface area contributed by atoms with Gasteiger partial charge in [-0.2, -0.15) is 0 Å². The van der Waals surface area contributed by atoms with E-state index < -0.39 is 23.7 Å². The number of pyridine rings is 1. The van der Waals surface area contributed by atoms with Gasteiger partial charge in [0.2, 0.25) is 0 Å². The number of hydrogen-bond donors (Lipinski definition) is 1. The predicted octanol–water partition coefficient (Wildman–Crippen LogP) is 1.69. The van der Waals surface area contributed by atoms with Crippen molar-refractivity contribution >= 4 is 11.9 Å². The number of carboxylic acids is 1. The van der Waals surface area contributed by atoms with E-state index in [2.05, 4.69) is 4.98 Å². The van der Waals surface area contributed by atoms with E-state index in [1.54, 1.807) is 0 Å². The molecule has 1 aliphatic heterocycles. The molecule has 0 saturated carbocycles. The van der Waals surface area contributed by atoms with E-state index in [0.717, 1.165) is 31.5 Å². The summed E-state index contributed by atoms with van der Waals surface area (Å²) in [5.41, 5.74) is 0.0783. The number of carbonyl (C=O) groups is 2. The standard InChI is InChI=1S/C13H15FN2O3/c14-9-5-6-10(15-8-9)12(17)16-7-3-1-2-4-11(16)13(18)19/h5-6,8,11H,1-4,7H2,(H,18,19). The van der Waals surface area contributed by atoms with Crippen molar-refractivity contribution in [3.05, 3.63) is 29.8 Å². The number of hydrogen-bond acceptors (Lipinski definition) is 3. The van der Waals surface area contributed by atoms with Crippen molar-refractivity contribution < 1.29 is 19.1 Å². The lowest BCUT2D eigenvalue weighted by atomic mass is 10.1. The summed E-state index contributed by atoms with van der Waals surface area (Å²) in [6.45, 7) is 0.398. The third-order valence-electron chi connectivity index (χ3n) is 3.25. The van der Waals surface area contributed by atoms with Crippen LogP contribution in [0, 0.1) is 5.82 Å². The van der Waals surface area contributed by atoms with Crippen molar-refractivity contribution in [1.29, 1.82) is 0 Å². The molecule has 1 aliphatic rings. The molecule has 1 N–H and O–H groups in total. The summed E-state index contributed by atoms with van der Waals surface area (Å²) < 4.78 is 12.8. The van der Waals surface area contributed by atoms with Gasteiger partial charge in [0, 0.05) is 6.54 Å². The van der Waals surface area contributed by atoms with Crippen LogP contribution in [-0.4, -0.2) is 39.5 Å².